The van der Waals surface area contributed by atoms with Crippen molar-refractivity contribution in [3.63, 3.8) is 0 Å². The number of morpholine rings is 1. The van der Waals surface area contributed by atoms with Crippen LogP contribution in [0.3, 0.4) is 0 Å². The van der Waals surface area contributed by atoms with Gasteiger partial charge in [0.15, 0.2) is 5.82 Å². The summed E-state index contributed by atoms with van der Waals surface area (Å²) in [5.41, 5.74) is -0.466. The molecule has 1 aromatic rings. The van der Waals surface area contributed by atoms with Gasteiger partial charge in [0.1, 0.15) is 6.23 Å². The standard InChI is InChI=1S/C15H22N4O5/c20-8-11-7-14(24-12(11)9-21)19-2-1-13(17-15(19)22)16-10-18-3-5-23-6-4-18/h1-2,10-12,14,20-21H,3-9H2/t11-,12-,14-/m1/s1. The van der Waals surface area contributed by atoms with E-state index in [4.69, 9.17) is 9.47 Å². The van der Waals surface area contributed by atoms with Gasteiger partial charge in [0, 0.05) is 38.2 Å². The fourth-order valence-corrected chi connectivity index (χ4v) is 2.87. The van der Waals surface area contributed by atoms with Gasteiger partial charge in [0.2, 0.25) is 0 Å². The minimum Gasteiger partial charge on any atom is -0.396 e. The van der Waals surface area contributed by atoms with E-state index in [0.29, 0.717) is 25.5 Å². The molecular formula is C15H22N4O5. The smallest absolute Gasteiger partial charge is 0.351 e. The van der Waals surface area contributed by atoms with Crippen LogP contribution in [0.4, 0.5) is 5.82 Å². The maximum absolute atomic E-state index is 12.2. The molecule has 2 aliphatic rings. The Bertz CT molecular complexity index is 617. The molecule has 3 rings (SSSR count). The molecule has 9 nitrogen and oxygen atoms in total. The van der Waals surface area contributed by atoms with E-state index in [9.17, 15) is 15.0 Å². The van der Waals surface area contributed by atoms with Crippen molar-refractivity contribution in [3.05, 3.63) is 22.7 Å². The summed E-state index contributed by atoms with van der Waals surface area (Å²) in [5, 5.41) is 18.6. The van der Waals surface area contributed by atoms with Crippen LogP contribution in [-0.4, -0.2) is 76.6 Å². The van der Waals surface area contributed by atoms with E-state index in [1.165, 1.54) is 4.57 Å². The second-order valence-corrected chi connectivity index (χ2v) is 5.86. The second kappa shape index (κ2) is 7.84. The second-order valence-electron chi connectivity index (χ2n) is 5.86. The molecule has 0 unspecified atom stereocenters. The molecule has 0 aromatic carbocycles. The van der Waals surface area contributed by atoms with Crippen LogP contribution in [0, 0.1) is 5.92 Å². The van der Waals surface area contributed by atoms with Gasteiger partial charge in [-0.25, -0.2) is 9.79 Å². The summed E-state index contributed by atoms with van der Waals surface area (Å²) in [6, 6.07) is 1.64. The highest BCUT2D eigenvalue weighted by Gasteiger charge is 2.35. The van der Waals surface area contributed by atoms with E-state index in [0.717, 1.165) is 13.1 Å². The van der Waals surface area contributed by atoms with Crippen molar-refractivity contribution in [3.8, 4) is 0 Å². The van der Waals surface area contributed by atoms with Crippen LogP contribution in [0.25, 0.3) is 0 Å². The monoisotopic (exact) mass is 338 g/mol. The summed E-state index contributed by atoms with van der Waals surface area (Å²) in [5.74, 6) is 0.143. The van der Waals surface area contributed by atoms with E-state index < -0.39 is 18.0 Å². The van der Waals surface area contributed by atoms with E-state index in [2.05, 4.69) is 9.98 Å². The average Bonchev–Trinajstić information content (AvgIpc) is 3.04. The summed E-state index contributed by atoms with van der Waals surface area (Å²) >= 11 is 0. The lowest BCUT2D eigenvalue weighted by molar-refractivity contribution is -0.0365. The lowest BCUT2D eigenvalue weighted by Crippen LogP contribution is -2.35. The third-order valence-electron chi connectivity index (χ3n) is 4.30. The number of aliphatic hydroxyl groups is 2. The first-order valence-electron chi connectivity index (χ1n) is 8.03. The zero-order valence-corrected chi connectivity index (χ0v) is 13.3. The molecule has 0 saturated carbocycles. The van der Waals surface area contributed by atoms with Gasteiger partial charge >= 0.3 is 5.69 Å². The predicted molar refractivity (Wildman–Crippen MR) is 85.2 cm³/mol. The van der Waals surface area contributed by atoms with Crippen molar-refractivity contribution in [1.29, 1.82) is 0 Å². The van der Waals surface area contributed by atoms with E-state index in [-0.39, 0.29) is 19.1 Å². The highest BCUT2D eigenvalue weighted by molar-refractivity contribution is 5.59. The van der Waals surface area contributed by atoms with Crippen LogP contribution in [0.5, 0.6) is 0 Å². The van der Waals surface area contributed by atoms with Crippen molar-refractivity contribution in [2.75, 3.05) is 39.5 Å². The molecule has 2 saturated heterocycles. The molecule has 9 heteroatoms. The number of aromatic nitrogens is 2. The maximum atomic E-state index is 12.2. The number of hydrogen-bond acceptors (Lipinski definition) is 7. The molecule has 0 spiro atoms. The number of rotatable bonds is 5. The molecule has 132 valence electrons. The van der Waals surface area contributed by atoms with E-state index in [1.807, 2.05) is 4.90 Å². The third-order valence-corrected chi connectivity index (χ3v) is 4.30. The third kappa shape index (κ3) is 3.81. The Hall–Kier alpha value is -1.81. The normalized spacial score (nSPS) is 27.9. The van der Waals surface area contributed by atoms with E-state index >= 15 is 0 Å². The van der Waals surface area contributed by atoms with Crippen LogP contribution in [0.15, 0.2) is 22.1 Å². The number of nitrogens with zero attached hydrogens (tertiary/aromatic N) is 4. The van der Waals surface area contributed by atoms with Crippen molar-refractivity contribution >= 4 is 12.2 Å². The Morgan fingerprint density at radius 1 is 1.33 bits per heavy atom. The van der Waals surface area contributed by atoms with Crippen molar-refractivity contribution in [2.45, 2.75) is 18.8 Å². The minimum absolute atomic E-state index is 0.0914. The maximum Gasteiger partial charge on any atom is 0.351 e. The fraction of sp³-hybridized carbons (Fsp3) is 0.667. The molecule has 0 radical (unpaired) electrons. The van der Waals surface area contributed by atoms with Crippen LogP contribution >= 0.6 is 0 Å². The van der Waals surface area contributed by atoms with Gasteiger partial charge in [0.25, 0.3) is 0 Å². The quantitative estimate of drug-likeness (QED) is 0.530. The first-order valence-corrected chi connectivity index (χ1v) is 8.03. The number of aliphatic hydroxyl groups excluding tert-OH is 2. The van der Waals surface area contributed by atoms with Gasteiger partial charge in [-0.1, -0.05) is 0 Å². The molecule has 2 aliphatic heterocycles. The number of ether oxygens (including phenoxy) is 2. The van der Waals surface area contributed by atoms with Gasteiger partial charge in [0.05, 0.1) is 32.3 Å². The highest BCUT2D eigenvalue weighted by atomic mass is 16.5. The van der Waals surface area contributed by atoms with Crippen LogP contribution < -0.4 is 5.69 Å². The van der Waals surface area contributed by atoms with Gasteiger partial charge in [-0.05, 0) is 6.07 Å². The summed E-state index contributed by atoms with van der Waals surface area (Å²) in [7, 11) is 0. The zero-order chi connectivity index (χ0) is 16.9. The van der Waals surface area contributed by atoms with Crippen molar-refractivity contribution in [1.82, 2.24) is 14.5 Å². The Labute approximate surface area is 139 Å². The highest BCUT2D eigenvalue weighted by Crippen LogP contribution is 2.32. The molecule has 3 heterocycles. The largest absolute Gasteiger partial charge is 0.396 e. The molecule has 2 N–H and O–H groups in total. The van der Waals surface area contributed by atoms with Crippen LogP contribution in [0.1, 0.15) is 12.6 Å². The lowest BCUT2D eigenvalue weighted by atomic mass is 10.0. The summed E-state index contributed by atoms with van der Waals surface area (Å²) in [4.78, 5) is 22.4. The first-order chi connectivity index (χ1) is 11.7. The van der Waals surface area contributed by atoms with Gasteiger partial charge < -0.3 is 24.6 Å². The molecule has 0 amide bonds. The van der Waals surface area contributed by atoms with Gasteiger partial charge in [-0.2, -0.15) is 4.98 Å². The summed E-state index contributed by atoms with van der Waals surface area (Å²) < 4.78 is 12.3. The number of aliphatic imine (C=N–C) groups is 1. The SMILES string of the molecule is O=c1nc(N=CN2CCOCC2)ccn1[C@H]1C[C@H](CO)[C@@H](CO)O1. The molecule has 0 bridgehead atoms. The Morgan fingerprint density at radius 2 is 2.12 bits per heavy atom. The van der Waals surface area contributed by atoms with Crippen molar-refractivity contribution in [2.24, 2.45) is 10.9 Å². The van der Waals surface area contributed by atoms with Gasteiger partial charge in [-0.15, -0.1) is 0 Å². The lowest BCUT2D eigenvalue weighted by Gasteiger charge is -2.23. The Kier molecular flexibility index (Phi) is 5.56. The summed E-state index contributed by atoms with van der Waals surface area (Å²) in [6.07, 6.45) is 2.71. The topological polar surface area (TPSA) is 109 Å². The first kappa shape index (κ1) is 17.0. The molecule has 1 aromatic heterocycles. The summed E-state index contributed by atoms with van der Waals surface area (Å²) in [6.45, 7) is 2.58. The Morgan fingerprint density at radius 3 is 2.75 bits per heavy atom. The molecular weight excluding hydrogens is 316 g/mol. The van der Waals surface area contributed by atoms with E-state index in [1.54, 1.807) is 18.6 Å². The molecule has 24 heavy (non-hydrogen) atoms. The molecule has 0 aliphatic carbocycles. The van der Waals surface area contributed by atoms with Crippen molar-refractivity contribution < 1.29 is 19.7 Å². The molecule has 2 fully saturated rings. The minimum atomic E-state index is -0.531. The van der Waals surface area contributed by atoms with Crippen LogP contribution in [-0.2, 0) is 9.47 Å². The van der Waals surface area contributed by atoms with Gasteiger partial charge in [-0.3, -0.25) is 4.57 Å². The van der Waals surface area contributed by atoms with Crippen LogP contribution in [0.2, 0.25) is 0 Å². The molecule has 3 atom stereocenters. The zero-order valence-electron chi connectivity index (χ0n) is 13.3. The predicted octanol–water partition coefficient (Wildman–Crippen LogP) is -0.876. The average molecular weight is 338 g/mol. The Balaban J connectivity index is 1.69. The number of hydrogen-bond donors (Lipinski definition) is 2. The fourth-order valence-electron chi connectivity index (χ4n) is 2.87.